The lowest BCUT2D eigenvalue weighted by Gasteiger charge is -2.08. The molecule has 4 aromatic carbocycles. The molecule has 0 aromatic heterocycles. The zero-order valence-electron chi connectivity index (χ0n) is 12.3. The van der Waals surface area contributed by atoms with Crippen molar-refractivity contribution in [3.63, 3.8) is 0 Å². The van der Waals surface area contributed by atoms with Crippen molar-refractivity contribution in [2.45, 2.75) is 6.92 Å². The molecule has 0 amide bonds. The number of fused-ring (bicyclic) bond motifs is 2. The Bertz CT molecular complexity index is 999. The Kier molecular flexibility index (Phi) is 3.24. The molecule has 0 aliphatic heterocycles. The van der Waals surface area contributed by atoms with Crippen molar-refractivity contribution in [1.82, 2.24) is 0 Å². The maximum Gasteiger partial charge on any atom is 0.0181 e. The number of halogens is 1. The summed E-state index contributed by atoms with van der Waals surface area (Å²) in [6.45, 7) is 2.16. The minimum atomic E-state index is 1.12. The van der Waals surface area contributed by atoms with Crippen molar-refractivity contribution < 1.29 is 0 Å². The summed E-state index contributed by atoms with van der Waals surface area (Å²) in [5.74, 6) is 0. The van der Waals surface area contributed by atoms with Crippen LogP contribution in [0.25, 0.3) is 32.7 Å². The van der Waals surface area contributed by atoms with Crippen molar-refractivity contribution in [2.24, 2.45) is 0 Å². The maximum atomic E-state index is 3.53. The SMILES string of the molecule is Cc1cccc2cc(-c3ccc4cc(Br)ccc4c3)ccc12. The zero-order chi connectivity index (χ0) is 15.1. The Morgan fingerprint density at radius 1 is 0.636 bits per heavy atom. The third-order valence-electron chi connectivity index (χ3n) is 4.23. The van der Waals surface area contributed by atoms with Crippen LogP contribution in [-0.4, -0.2) is 0 Å². The molecule has 0 bridgehead atoms. The maximum absolute atomic E-state index is 3.53. The number of rotatable bonds is 1. The van der Waals surface area contributed by atoms with Crippen LogP contribution in [0.1, 0.15) is 5.56 Å². The molecular formula is C21H15Br. The molecular weight excluding hydrogens is 332 g/mol. The number of aryl methyl sites for hydroxylation is 1. The van der Waals surface area contributed by atoms with E-state index in [-0.39, 0.29) is 0 Å². The van der Waals surface area contributed by atoms with Crippen LogP contribution >= 0.6 is 15.9 Å². The van der Waals surface area contributed by atoms with Crippen molar-refractivity contribution in [3.05, 3.63) is 82.8 Å². The van der Waals surface area contributed by atoms with E-state index < -0.39 is 0 Å². The zero-order valence-corrected chi connectivity index (χ0v) is 13.9. The summed E-state index contributed by atoms with van der Waals surface area (Å²) < 4.78 is 1.12. The van der Waals surface area contributed by atoms with E-state index >= 15 is 0 Å². The second kappa shape index (κ2) is 5.26. The van der Waals surface area contributed by atoms with E-state index in [0.29, 0.717) is 0 Å². The molecule has 0 heterocycles. The van der Waals surface area contributed by atoms with Gasteiger partial charge in [0.1, 0.15) is 0 Å². The standard InChI is InChI=1S/C21H15Br/c1-14-3-2-4-19-12-17(8-10-21(14)19)15-5-6-18-13-20(22)9-7-16(18)11-15/h2-13H,1H3. The molecule has 0 aliphatic rings. The summed E-state index contributed by atoms with van der Waals surface area (Å²) >= 11 is 3.53. The van der Waals surface area contributed by atoms with Crippen LogP contribution in [0, 0.1) is 6.92 Å². The van der Waals surface area contributed by atoms with Crippen molar-refractivity contribution in [1.29, 1.82) is 0 Å². The van der Waals surface area contributed by atoms with Crippen LogP contribution in [0.15, 0.2) is 77.3 Å². The number of benzene rings is 4. The summed E-state index contributed by atoms with van der Waals surface area (Å²) in [4.78, 5) is 0. The summed E-state index contributed by atoms with van der Waals surface area (Å²) in [6, 6.07) is 26.3. The van der Waals surface area contributed by atoms with Gasteiger partial charge in [0.05, 0.1) is 0 Å². The normalized spacial score (nSPS) is 11.2. The van der Waals surface area contributed by atoms with Gasteiger partial charge in [-0.05, 0) is 69.4 Å². The minimum absolute atomic E-state index is 1.12. The van der Waals surface area contributed by atoms with Gasteiger partial charge >= 0.3 is 0 Å². The fourth-order valence-corrected chi connectivity index (χ4v) is 3.40. The van der Waals surface area contributed by atoms with Gasteiger partial charge in [-0.1, -0.05) is 64.5 Å². The Morgan fingerprint density at radius 3 is 2.18 bits per heavy atom. The van der Waals surface area contributed by atoms with Gasteiger partial charge in [0, 0.05) is 4.47 Å². The van der Waals surface area contributed by atoms with Crippen LogP contribution in [0.4, 0.5) is 0 Å². The Labute approximate surface area is 138 Å². The molecule has 0 nitrogen and oxygen atoms in total. The van der Waals surface area contributed by atoms with E-state index in [0.717, 1.165) is 4.47 Å². The predicted molar refractivity (Wildman–Crippen MR) is 99.3 cm³/mol. The third-order valence-corrected chi connectivity index (χ3v) is 4.73. The molecule has 22 heavy (non-hydrogen) atoms. The fraction of sp³-hybridized carbons (Fsp3) is 0.0476. The lowest BCUT2D eigenvalue weighted by molar-refractivity contribution is 1.53. The Morgan fingerprint density at radius 2 is 1.32 bits per heavy atom. The summed E-state index contributed by atoms with van der Waals surface area (Å²) in [5.41, 5.74) is 3.86. The van der Waals surface area contributed by atoms with Crippen molar-refractivity contribution in [3.8, 4) is 11.1 Å². The van der Waals surface area contributed by atoms with E-state index in [1.807, 2.05) is 0 Å². The highest BCUT2D eigenvalue weighted by Gasteiger charge is 2.03. The van der Waals surface area contributed by atoms with Gasteiger partial charge in [0.2, 0.25) is 0 Å². The van der Waals surface area contributed by atoms with E-state index in [4.69, 9.17) is 0 Å². The van der Waals surface area contributed by atoms with Gasteiger partial charge in [-0.3, -0.25) is 0 Å². The first-order valence-electron chi connectivity index (χ1n) is 7.40. The largest absolute Gasteiger partial charge is 0.0614 e. The highest BCUT2D eigenvalue weighted by Crippen LogP contribution is 2.29. The smallest absolute Gasteiger partial charge is 0.0181 e. The molecule has 0 aliphatic carbocycles. The van der Waals surface area contributed by atoms with Gasteiger partial charge in [-0.15, -0.1) is 0 Å². The minimum Gasteiger partial charge on any atom is -0.0614 e. The monoisotopic (exact) mass is 346 g/mol. The van der Waals surface area contributed by atoms with Gasteiger partial charge in [-0.25, -0.2) is 0 Å². The Balaban J connectivity index is 1.89. The highest BCUT2D eigenvalue weighted by atomic mass is 79.9. The molecule has 4 rings (SSSR count). The van der Waals surface area contributed by atoms with Crippen LogP contribution in [-0.2, 0) is 0 Å². The molecule has 0 spiro atoms. The summed E-state index contributed by atoms with van der Waals surface area (Å²) in [7, 11) is 0. The third kappa shape index (κ3) is 2.32. The average Bonchev–Trinajstić information content (AvgIpc) is 2.54. The predicted octanol–water partition coefficient (Wildman–Crippen LogP) is 6.73. The van der Waals surface area contributed by atoms with Gasteiger partial charge in [-0.2, -0.15) is 0 Å². The van der Waals surface area contributed by atoms with Crippen molar-refractivity contribution in [2.75, 3.05) is 0 Å². The van der Waals surface area contributed by atoms with E-state index in [1.165, 1.54) is 38.2 Å². The molecule has 4 aromatic rings. The van der Waals surface area contributed by atoms with Crippen molar-refractivity contribution >= 4 is 37.5 Å². The molecule has 1 heteroatoms. The lowest BCUT2D eigenvalue weighted by atomic mass is 9.97. The topological polar surface area (TPSA) is 0 Å². The van der Waals surface area contributed by atoms with Crippen LogP contribution < -0.4 is 0 Å². The summed E-state index contributed by atoms with van der Waals surface area (Å²) in [6.07, 6.45) is 0. The molecule has 0 N–H and O–H groups in total. The first-order chi connectivity index (χ1) is 10.7. The van der Waals surface area contributed by atoms with Gasteiger partial charge < -0.3 is 0 Å². The fourth-order valence-electron chi connectivity index (χ4n) is 3.02. The summed E-state index contributed by atoms with van der Waals surface area (Å²) in [5, 5.41) is 5.16. The van der Waals surface area contributed by atoms with Crippen LogP contribution in [0.5, 0.6) is 0 Å². The van der Waals surface area contributed by atoms with E-state index in [2.05, 4.69) is 95.7 Å². The Hall–Kier alpha value is -2.12. The molecule has 106 valence electrons. The first-order valence-corrected chi connectivity index (χ1v) is 8.19. The highest BCUT2D eigenvalue weighted by molar-refractivity contribution is 9.10. The second-order valence-electron chi connectivity index (χ2n) is 5.72. The quantitative estimate of drug-likeness (QED) is 0.358. The number of hydrogen-bond acceptors (Lipinski definition) is 0. The first kappa shape index (κ1) is 13.5. The average molecular weight is 347 g/mol. The molecule has 0 radical (unpaired) electrons. The number of hydrogen-bond donors (Lipinski definition) is 0. The molecule has 0 unspecified atom stereocenters. The van der Waals surface area contributed by atoms with Gasteiger partial charge in [0.15, 0.2) is 0 Å². The van der Waals surface area contributed by atoms with Crippen LogP contribution in [0.3, 0.4) is 0 Å². The van der Waals surface area contributed by atoms with Crippen LogP contribution in [0.2, 0.25) is 0 Å². The van der Waals surface area contributed by atoms with E-state index in [9.17, 15) is 0 Å². The van der Waals surface area contributed by atoms with E-state index in [1.54, 1.807) is 0 Å². The lowest BCUT2D eigenvalue weighted by Crippen LogP contribution is -1.82. The molecule has 0 saturated carbocycles. The second-order valence-corrected chi connectivity index (χ2v) is 6.63. The molecule has 0 fully saturated rings. The molecule has 0 saturated heterocycles. The molecule has 0 atom stereocenters. The van der Waals surface area contributed by atoms with Gasteiger partial charge in [0.25, 0.3) is 0 Å².